The summed E-state index contributed by atoms with van der Waals surface area (Å²) in [5, 5.41) is 3.08. The van der Waals surface area contributed by atoms with Crippen molar-refractivity contribution in [2.24, 2.45) is 0 Å². The zero-order valence-electron chi connectivity index (χ0n) is 16.7. The minimum Gasteiger partial charge on any atom is -0.326 e. The van der Waals surface area contributed by atoms with E-state index in [1.807, 2.05) is 0 Å². The Kier molecular flexibility index (Phi) is 6.46. The van der Waals surface area contributed by atoms with Gasteiger partial charge < -0.3 is 10.2 Å². The van der Waals surface area contributed by atoms with Gasteiger partial charge in [0.1, 0.15) is 0 Å². The van der Waals surface area contributed by atoms with Crippen molar-refractivity contribution in [3.63, 3.8) is 0 Å². The second-order valence-corrected chi connectivity index (χ2v) is 8.66. The minimum absolute atomic E-state index is 0.150. The molecule has 0 spiro atoms. The molecular weight excluding hydrogens is 334 g/mol. The third-order valence-electron chi connectivity index (χ3n) is 6.75. The van der Waals surface area contributed by atoms with Crippen LogP contribution in [0.5, 0.6) is 0 Å². The number of carbonyl (C=O) groups excluding carboxylic acids is 1. The Hall–Kier alpha value is -1.39. The zero-order chi connectivity index (χ0) is 18.5. The summed E-state index contributed by atoms with van der Waals surface area (Å²) in [5.74, 6) is 0.150. The number of hydrogen-bond donors (Lipinski definition) is 1. The fraction of sp³-hybridized carbons (Fsp3) is 0.696. The number of amides is 1. The minimum atomic E-state index is 0.150. The Morgan fingerprint density at radius 2 is 1.70 bits per heavy atom. The lowest BCUT2D eigenvalue weighted by molar-refractivity contribution is -0.116. The molecule has 3 aliphatic rings. The normalized spacial score (nSPS) is 26.7. The predicted octanol–water partition coefficient (Wildman–Crippen LogP) is 4.58. The maximum absolute atomic E-state index is 12.2. The number of nitrogens with zero attached hydrogens (tertiary/aromatic N) is 2. The number of hydrogen-bond acceptors (Lipinski definition) is 3. The summed E-state index contributed by atoms with van der Waals surface area (Å²) in [6.45, 7) is 4.74. The highest BCUT2D eigenvalue weighted by molar-refractivity contribution is 5.90. The summed E-state index contributed by atoms with van der Waals surface area (Å²) in [7, 11) is 0. The molecule has 3 saturated heterocycles. The van der Waals surface area contributed by atoms with Crippen LogP contribution in [-0.2, 0) is 4.79 Å². The summed E-state index contributed by atoms with van der Waals surface area (Å²) >= 11 is 0. The molecule has 3 heterocycles. The zero-order valence-corrected chi connectivity index (χ0v) is 16.7. The van der Waals surface area contributed by atoms with Gasteiger partial charge in [-0.3, -0.25) is 9.69 Å². The first-order valence-corrected chi connectivity index (χ1v) is 11.2. The van der Waals surface area contributed by atoms with Crippen LogP contribution in [0.15, 0.2) is 24.3 Å². The van der Waals surface area contributed by atoms with Crippen molar-refractivity contribution in [3.05, 3.63) is 29.8 Å². The van der Waals surface area contributed by atoms with Crippen LogP contribution in [0.25, 0.3) is 0 Å². The van der Waals surface area contributed by atoms with E-state index >= 15 is 0 Å². The highest BCUT2D eigenvalue weighted by Crippen LogP contribution is 2.40. The topological polar surface area (TPSA) is 35.6 Å². The molecule has 0 radical (unpaired) electrons. The van der Waals surface area contributed by atoms with E-state index in [0.717, 1.165) is 24.7 Å². The number of nitrogens with one attached hydrogen (secondary N) is 1. The van der Waals surface area contributed by atoms with E-state index in [9.17, 15) is 4.79 Å². The van der Waals surface area contributed by atoms with Crippen LogP contribution in [-0.4, -0.2) is 47.9 Å². The monoisotopic (exact) mass is 369 g/mol. The lowest BCUT2D eigenvalue weighted by atomic mass is 10.0. The largest absolute Gasteiger partial charge is 0.326 e. The molecule has 4 rings (SSSR count). The number of anilines is 1. The molecule has 0 aliphatic carbocycles. The molecule has 4 nitrogen and oxygen atoms in total. The molecule has 3 fully saturated rings. The maximum atomic E-state index is 12.2. The second-order valence-electron chi connectivity index (χ2n) is 8.66. The number of likely N-dealkylation sites (tertiary alicyclic amines) is 1. The number of fused-ring (bicyclic) bond motifs is 1. The van der Waals surface area contributed by atoms with Gasteiger partial charge in [-0.15, -0.1) is 0 Å². The fourth-order valence-corrected chi connectivity index (χ4v) is 5.28. The average molecular weight is 370 g/mol. The molecule has 1 N–H and O–H groups in total. The van der Waals surface area contributed by atoms with Gasteiger partial charge in [0.05, 0.1) is 0 Å². The maximum Gasteiger partial charge on any atom is 0.224 e. The smallest absolute Gasteiger partial charge is 0.224 e. The first-order valence-electron chi connectivity index (χ1n) is 11.2. The van der Waals surface area contributed by atoms with Crippen molar-refractivity contribution in [1.29, 1.82) is 0 Å². The van der Waals surface area contributed by atoms with Gasteiger partial charge in [0, 0.05) is 24.2 Å². The number of carbonyl (C=O) groups is 1. The third-order valence-corrected chi connectivity index (χ3v) is 6.75. The van der Waals surface area contributed by atoms with Gasteiger partial charge >= 0.3 is 0 Å². The number of piperidine rings is 2. The van der Waals surface area contributed by atoms with Gasteiger partial charge in [-0.05, 0) is 88.8 Å². The van der Waals surface area contributed by atoms with Crippen LogP contribution in [0.1, 0.15) is 75.8 Å². The summed E-state index contributed by atoms with van der Waals surface area (Å²) < 4.78 is 0. The molecule has 0 saturated carbocycles. The highest BCUT2D eigenvalue weighted by atomic mass is 16.1. The fourth-order valence-electron chi connectivity index (χ4n) is 5.28. The quantitative estimate of drug-likeness (QED) is 0.797. The van der Waals surface area contributed by atoms with Crippen molar-refractivity contribution >= 4 is 11.6 Å². The molecule has 0 aromatic heterocycles. The first-order chi connectivity index (χ1) is 13.3. The van der Waals surface area contributed by atoms with Crippen LogP contribution < -0.4 is 5.32 Å². The molecule has 4 heteroatoms. The molecular formula is C23H35N3O. The van der Waals surface area contributed by atoms with Crippen LogP contribution >= 0.6 is 0 Å². The highest BCUT2D eigenvalue weighted by Gasteiger charge is 2.35. The van der Waals surface area contributed by atoms with Gasteiger partial charge in [0.25, 0.3) is 0 Å². The molecule has 1 aromatic carbocycles. The molecule has 3 aliphatic heterocycles. The SMILES string of the molecule is O=C(CCCN1CCCCC1)Nc1ccc([C@H]2CC[C@H]3CCCCN32)cc1. The molecule has 0 unspecified atom stereocenters. The van der Waals surface area contributed by atoms with Gasteiger partial charge in [-0.1, -0.05) is 25.0 Å². The van der Waals surface area contributed by atoms with Crippen LogP contribution in [0.3, 0.4) is 0 Å². The summed E-state index contributed by atoms with van der Waals surface area (Å²) in [5.41, 5.74) is 2.36. The number of benzene rings is 1. The van der Waals surface area contributed by atoms with E-state index in [1.54, 1.807) is 0 Å². The molecule has 2 atom stereocenters. The molecule has 0 bridgehead atoms. The van der Waals surface area contributed by atoms with Crippen molar-refractivity contribution in [2.75, 3.05) is 31.5 Å². The standard InChI is InChI=1S/C23H35N3O/c27-23(8-6-17-25-15-3-1-4-16-25)24-20-11-9-19(10-12-20)22-14-13-21-7-2-5-18-26(21)22/h9-12,21-22H,1-8,13-18H2,(H,24,27)/t21-,22-/m1/s1. The van der Waals surface area contributed by atoms with Crippen molar-refractivity contribution in [2.45, 2.75) is 76.3 Å². The van der Waals surface area contributed by atoms with Crippen LogP contribution in [0.4, 0.5) is 5.69 Å². The Bertz CT molecular complexity index is 609. The van der Waals surface area contributed by atoms with Gasteiger partial charge in [-0.2, -0.15) is 0 Å². The predicted molar refractivity (Wildman–Crippen MR) is 111 cm³/mol. The Labute approximate surface area is 164 Å². The van der Waals surface area contributed by atoms with E-state index in [0.29, 0.717) is 12.5 Å². The van der Waals surface area contributed by atoms with Crippen LogP contribution in [0.2, 0.25) is 0 Å². The molecule has 1 amide bonds. The van der Waals surface area contributed by atoms with E-state index in [4.69, 9.17) is 0 Å². The van der Waals surface area contributed by atoms with Gasteiger partial charge in [0.2, 0.25) is 5.91 Å². The van der Waals surface area contributed by atoms with Crippen molar-refractivity contribution in [1.82, 2.24) is 9.80 Å². The Morgan fingerprint density at radius 3 is 2.52 bits per heavy atom. The van der Waals surface area contributed by atoms with Gasteiger partial charge in [0.15, 0.2) is 0 Å². The van der Waals surface area contributed by atoms with Crippen molar-refractivity contribution in [3.8, 4) is 0 Å². The third kappa shape index (κ3) is 4.91. The van der Waals surface area contributed by atoms with E-state index in [-0.39, 0.29) is 5.91 Å². The van der Waals surface area contributed by atoms with E-state index in [1.165, 1.54) is 76.6 Å². The van der Waals surface area contributed by atoms with Crippen LogP contribution in [0, 0.1) is 0 Å². The molecule has 148 valence electrons. The Morgan fingerprint density at radius 1 is 0.926 bits per heavy atom. The Balaban J connectivity index is 1.23. The molecule has 1 aromatic rings. The molecule has 27 heavy (non-hydrogen) atoms. The average Bonchev–Trinajstić information content (AvgIpc) is 3.14. The summed E-state index contributed by atoms with van der Waals surface area (Å²) in [4.78, 5) is 17.5. The van der Waals surface area contributed by atoms with E-state index in [2.05, 4.69) is 39.4 Å². The lowest BCUT2D eigenvalue weighted by Crippen LogP contribution is -2.35. The summed E-state index contributed by atoms with van der Waals surface area (Å²) in [6.07, 6.45) is 12.3. The summed E-state index contributed by atoms with van der Waals surface area (Å²) in [6, 6.07) is 10.0. The van der Waals surface area contributed by atoms with Crippen molar-refractivity contribution < 1.29 is 4.79 Å². The second kappa shape index (κ2) is 9.20. The lowest BCUT2D eigenvalue weighted by Gasteiger charge is -2.34. The first kappa shape index (κ1) is 18.9. The van der Waals surface area contributed by atoms with Gasteiger partial charge in [-0.25, -0.2) is 0 Å². The van der Waals surface area contributed by atoms with E-state index < -0.39 is 0 Å². The number of rotatable bonds is 6.